The lowest BCUT2D eigenvalue weighted by Crippen LogP contribution is -2.21. The van der Waals surface area contributed by atoms with Gasteiger partial charge in [-0.05, 0) is 32.4 Å². The van der Waals surface area contributed by atoms with Gasteiger partial charge in [0.05, 0.1) is 30.6 Å². The van der Waals surface area contributed by atoms with Gasteiger partial charge in [0.2, 0.25) is 5.91 Å². The average molecular weight is 419 g/mol. The Morgan fingerprint density at radius 2 is 1.86 bits per heavy atom. The number of hydrogen-bond acceptors (Lipinski definition) is 6. The first-order valence-electron chi connectivity index (χ1n) is 9.15. The van der Waals surface area contributed by atoms with Crippen molar-refractivity contribution in [2.75, 3.05) is 33.1 Å². The fraction of sp³-hybridized carbons (Fsp3) is 0.381. The Morgan fingerprint density at radius 1 is 1.17 bits per heavy atom. The van der Waals surface area contributed by atoms with E-state index in [4.69, 9.17) is 9.47 Å². The van der Waals surface area contributed by atoms with Crippen molar-refractivity contribution in [3.63, 3.8) is 0 Å². The maximum atomic E-state index is 12.7. The van der Waals surface area contributed by atoms with Crippen molar-refractivity contribution in [2.45, 2.75) is 27.2 Å². The van der Waals surface area contributed by atoms with Crippen molar-refractivity contribution in [2.24, 2.45) is 0 Å². The number of carbonyl (C=O) groups excluding carboxylic acids is 3. The summed E-state index contributed by atoms with van der Waals surface area (Å²) in [6, 6.07) is 5.59. The summed E-state index contributed by atoms with van der Waals surface area (Å²) in [6.07, 6.45) is 0.0705. The SMILES string of the molecule is CCOC(=O)c1c(NC(=O)Cc2cc(C)ccc2OC)sc(C(=O)N(C)C)c1C. The summed E-state index contributed by atoms with van der Waals surface area (Å²) in [6.45, 7) is 5.51. The molecule has 0 spiro atoms. The van der Waals surface area contributed by atoms with Crippen LogP contribution < -0.4 is 10.1 Å². The molecule has 2 aromatic rings. The molecule has 0 bridgehead atoms. The van der Waals surface area contributed by atoms with E-state index < -0.39 is 5.97 Å². The third kappa shape index (κ3) is 5.14. The maximum absolute atomic E-state index is 12.7. The van der Waals surface area contributed by atoms with Crippen molar-refractivity contribution in [1.29, 1.82) is 0 Å². The third-order valence-electron chi connectivity index (χ3n) is 4.27. The number of thiophene rings is 1. The molecule has 0 aliphatic heterocycles. The predicted octanol–water partition coefficient (Wildman–Crippen LogP) is 3.43. The highest BCUT2D eigenvalue weighted by Crippen LogP contribution is 2.34. The molecular weight excluding hydrogens is 392 g/mol. The number of ether oxygens (including phenoxy) is 2. The summed E-state index contributed by atoms with van der Waals surface area (Å²) in [7, 11) is 4.81. The van der Waals surface area contributed by atoms with Gasteiger partial charge in [-0.3, -0.25) is 9.59 Å². The molecule has 1 N–H and O–H groups in total. The van der Waals surface area contributed by atoms with E-state index in [-0.39, 0.29) is 30.4 Å². The molecule has 0 atom stereocenters. The second-order valence-corrected chi connectivity index (χ2v) is 7.74. The lowest BCUT2D eigenvalue weighted by molar-refractivity contribution is -0.115. The van der Waals surface area contributed by atoms with Crippen LogP contribution in [0.5, 0.6) is 5.75 Å². The van der Waals surface area contributed by atoms with Crippen LogP contribution in [-0.2, 0) is 16.0 Å². The fourth-order valence-electron chi connectivity index (χ4n) is 2.85. The number of esters is 1. The summed E-state index contributed by atoms with van der Waals surface area (Å²) >= 11 is 1.07. The zero-order valence-corrected chi connectivity index (χ0v) is 18.4. The minimum Gasteiger partial charge on any atom is -0.496 e. The summed E-state index contributed by atoms with van der Waals surface area (Å²) in [5, 5.41) is 3.08. The van der Waals surface area contributed by atoms with E-state index in [1.807, 2.05) is 25.1 Å². The van der Waals surface area contributed by atoms with Crippen molar-refractivity contribution >= 4 is 34.1 Å². The number of carbonyl (C=O) groups is 3. The van der Waals surface area contributed by atoms with Crippen molar-refractivity contribution in [3.8, 4) is 5.75 Å². The highest BCUT2D eigenvalue weighted by atomic mass is 32.1. The molecule has 1 aromatic heterocycles. The predicted molar refractivity (Wildman–Crippen MR) is 113 cm³/mol. The largest absolute Gasteiger partial charge is 0.496 e. The second kappa shape index (κ2) is 9.56. The summed E-state index contributed by atoms with van der Waals surface area (Å²) in [5.41, 5.74) is 2.45. The van der Waals surface area contributed by atoms with Crippen LogP contribution in [0.2, 0.25) is 0 Å². The minimum atomic E-state index is -0.567. The maximum Gasteiger partial charge on any atom is 0.341 e. The molecular formula is C21H26N2O5S. The first-order chi connectivity index (χ1) is 13.7. The van der Waals surface area contributed by atoms with E-state index in [2.05, 4.69) is 5.32 Å². The van der Waals surface area contributed by atoms with E-state index in [0.717, 1.165) is 22.5 Å². The molecule has 2 rings (SSSR count). The van der Waals surface area contributed by atoms with E-state index in [1.54, 1.807) is 35.1 Å². The molecule has 0 saturated carbocycles. The van der Waals surface area contributed by atoms with Crippen molar-refractivity contribution in [1.82, 2.24) is 4.90 Å². The highest BCUT2D eigenvalue weighted by Gasteiger charge is 2.27. The normalized spacial score (nSPS) is 10.4. The summed E-state index contributed by atoms with van der Waals surface area (Å²) < 4.78 is 10.5. The molecule has 0 aliphatic rings. The van der Waals surface area contributed by atoms with Gasteiger partial charge in [-0.1, -0.05) is 17.7 Å². The first-order valence-corrected chi connectivity index (χ1v) is 9.96. The van der Waals surface area contributed by atoms with Crippen LogP contribution in [0.4, 0.5) is 5.00 Å². The molecule has 0 saturated heterocycles. The smallest absolute Gasteiger partial charge is 0.341 e. The third-order valence-corrected chi connectivity index (χ3v) is 5.46. The van der Waals surface area contributed by atoms with Gasteiger partial charge >= 0.3 is 5.97 Å². The van der Waals surface area contributed by atoms with Crippen LogP contribution >= 0.6 is 11.3 Å². The monoisotopic (exact) mass is 418 g/mol. The molecule has 7 nitrogen and oxygen atoms in total. The standard InChI is InChI=1S/C21H26N2O5S/c1-7-28-21(26)17-13(3)18(20(25)23(4)5)29-19(17)22-16(24)11-14-10-12(2)8-9-15(14)27-6/h8-10H,7,11H2,1-6H3,(H,22,24). The molecule has 29 heavy (non-hydrogen) atoms. The topological polar surface area (TPSA) is 84.9 Å². The van der Waals surface area contributed by atoms with Crippen LogP contribution in [0.25, 0.3) is 0 Å². The van der Waals surface area contributed by atoms with Gasteiger partial charge in [0.1, 0.15) is 10.8 Å². The molecule has 156 valence electrons. The molecule has 0 radical (unpaired) electrons. The first kappa shape index (κ1) is 22.4. The van der Waals surface area contributed by atoms with E-state index in [9.17, 15) is 14.4 Å². The van der Waals surface area contributed by atoms with Crippen LogP contribution in [-0.4, -0.2) is 50.5 Å². The number of benzene rings is 1. The van der Waals surface area contributed by atoms with Crippen LogP contribution in [0.3, 0.4) is 0 Å². The number of amides is 2. The highest BCUT2D eigenvalue weighted by molar-refractivity contribution is 7.18. The lowest BCUT2D eigenvalue weighted by atomic mass is 10.1. The van der Waals surface area contributed by atoms with Gasteiger partial charge in [-0.2, -0.15) is 0 Å². The quantitative estimate of drug-likeness (QED) is 0.697. The Labute approximate surface area is 174 Å². The number of hydrogen-bond donors (Lipinski definition) is 1. The number of nitrogens with one attached hydrogen (secondary N) is 1. The number of rotatable bonds is 7. The summed E-state index contributed by atoms with van der Waals surface area (Å²) in [5.74, 6) is -0.506. The zero-order chi connectivity index (χ0) is 21.7. The number of anilines is 1. The van der Waals surface area contributed by atoms with Gasteiger partial charge in [-0.25, -0.2) is 4.79 Å². The lowest BCUT2D eigenvalue weighted by Gasteiger charge is -2.10. The number of aryl methyl sites for hydroxylation is 1. The van der Waals surface area contributed by atoms with Gasteiger partial charge in [-0.15, -0.1) is 11.3 Å². The molecule has 1 aromatic carbocycles. The van der Waals surface area contributed by atoms with Crippen LogP contribution in [0, 0.1) is 13.8 Å². The Balaban J connectivity index is 2.37. The van der Waals surface area contributed by atoms with E-state index in [1.165, 1.54) is 4.90 Å². The molecule has 0 fully saturated rings. The molecule has 0 aliphatic carbocycles. The van der Waals surface area contributed by atoms with E-state index >= 15 is 0 Å². The average Bonchev–Trinajstić information content (AvgIpc) is 2.97. The van der Waals surface area contributed by atoms with Gasteiger partial charge < -0.3 is 19.7 Å². The molecule has 0 unspecified atom stereocenters. The molecule has 2 amide bonds. The van der Waals surface area contributed by atoms with E-state index in [0.29, 0.717) is 21.2 Å². The van der Waals surface area contributed by atoms with Gasteiger partial charge in [0.15, 0.2) is 0 Å². The van der Waals surface area contributed by atoms with Gasteiger partial charge in [0.25, 0.3) is 5.91 Å². The fourth-order valence-corrected chi connectivity index (χ4v) is 4.08. The Kier molecular flexibility index (Phi) is 7.39. The number of nitrogens with zero attached hydrogens (tertiary/aromatic N) is 1. The van der Waals surface area contributed by atoms with Crippen molar-refractivity contribution in [3.05, 3.63) is 45.3 Å². The second-order valence-electron chi connectivity index (χ2n) is 6.72. The number of methoxy groups -OCH3 is 1. The Bertz CT molecular complexity index is 933. The van der Waals surface area contributed by atoms with Crippen molar-refractivity contribution < 1.29 is 23.9 Å². The van der Waals surface area contributed by atoms with Crippen LogP contribution in [0.1, 0.15) is 43.6 Å². The zero-order valence-electron chi connectivity index (χ0n) is 17.5. The minimum absolute atomic E-state index is 0.0705. The van der Waals surface area contributed by atoms with Gasteiger partial charge in [0, 0.05) is 19.7 Å². The Morgan fingerprint density at radius 3 is 2.45 bits per heavy atom. The van der Waals surface area contributed by atoms with Crippen LogP contribution in [0.15, 0.2) is 18.2 Å². The Hall–Kier alpha value is -2.87. The summed E-state index contributed by atoms with van der Waals surface area (Å²) in [4.78, 5) is 39.5. The molecule has 8 heteroatoms. The molecule has 1 heterocycles.